The van der Waals surface area contributed by atoms with Crippen LogP contribution in [0.1, 0.15) is 40.7 Å². The van der Waals surface area contributed by atoms with E-state index >= 15 is 0 Å². The van der Waals surface area contributed by atoms with E-state index in [9.17, 15) is 9.59 Å². The van der Waals surface area contributed by atoms with Gasteiger partial charge in [-0.2, -0.15) is 0 Å². The fraction of sp³-hybridized carbons (Fsp3) is 0.393. The first-order valence-electron chi connectivity index (χ1n) is 12.0. The van der Waals surface area contributed by atoms with Crippen molar-refractivity contribution >= 4 is 22.6 Å². The van der Waals surface area contributed by atoms with E-state index in [2.05, 4.69) is 17.1 Å². The average molecular weight is 442 g/mol. The zero-order chi connectivity index (χ0) is 22.8. The van der Waals surface area contributed by atoms with Crippen molar-refractivity contribution < 1.29 is 9.59 Å². The fourth-order valence-electron chi connectivity index (χ4n) is 5.48. The lowest BCUT2D eigenvalue weighted by Gasteiger charge is -2.36. The Balaban J connectivity index is 1.20. The molecule has 0 bridgehead atoms. The molecule has 0 spiro atoms. The van der Waals surface area contributed by atoms with Crippen molar-refractivity contribution in [2.45, 2.75) is 32.6 Å². The number of piperidine rings is 1. The minimum Gasteiger partial charge on any atom is -0.342 e. The summed E-state index contributed by atoms with van der Waals surface area (Å²) in [5.41, 5.74) is 2.83. The first-order chi connectivity index (χ1) is 16.1. The number of hydrogen-bond donors (Lipinski definition) is 0. The first kappa shape index (κ1) is 21.6. The lowest BCUT2D eigenvalue weighted by Crippen LogP contribution is -2.43. The maximum Gasteiger partial charge on any atom is 0.253 e. The lowest BCUT2D eigenvalue weighted by atomic mass is 9.84. The largest absolute Gasteiger partial charge is 0.342 e. The average Bonchev–Trinajstić information content (AvgIpc) is 3.34. The molecule has 1 aromatic heterocycles. The number of likely N-dealkylation sites (tertiary alicyclic amines) is 2. The molecule has 3 heterocycles. The number of amides is 2. The Morgan fingerprint density at radius 1 is 0.909 bits per heavy atom. The van der Waals surface area contributed by atoms with Crippen LogP contribution < -0.4 is 0 Å². The molecule has 0 aliphatic carbocycles. The van der Waals surface area contributed by atoms with E-state index in [1.807, 2.05) is 59.3 Å². The van der Waals surface area contributed by atoms with Gasteiger partial charge in [0.25, 0.3) is 5.91 Å². The van der Waals surface area contributed by atoms with Crippen LogP contribution in [0.5, 0.6) is 0 Å². The summed E-state index contributed by atoms with van der Waals surface area (Å²) < 4.78 is 0. The summed E-state index contributed by atoms with van der Waals surface area (Å²) in [6.07, 6.45) is 7.22. The van der Waals surface area contributed by atoms with Crippen molar-refractivity contribution in [1.82, 2.24) is 14.8 Å². The number of carbonyl (C=O) groups is 2. The Bertz CT molecular complexity index is 1170. The van der Waals surface area contributed by atoms with Gasteiger partial charge in [0.2, 0.25) is 5.91 Å². The first-order valence-corrected chi connectivity index (χ1v) is 12.0. The van der Waals surface area contributed by atoms with Crippen molar-refractivity contribution in [3.63, 3.8) is 0 Å². The van der Waals surface area contributed by atoms with Gasteiger partial charge in [-0.1, -0.05) is 36.4 Å². The number of pyridine rings is 1. The molecule has 2 aromatic carbocycles. The monoisotopic (exact) mass is 441 g/mol. The molecule has 0 radical (unpaired) electrons. The smallest absolute Gasteiger partial charge is 0.253 e. The summed E-state index contributed by atoms with van der Waals surface area (Å²) in [6.45, 7) is 5.24. The highest BCUT2D eigenvalue weighted by molar-refractivity contribution is 5.98. The number of rotatable bonds is 4. The van der Waals surface area contributed by atoms with Crippen LogP contribution in [0, 0.1) is 18.8 Å². The van der Waals surface area contributed by atoms with E-state index in [0.717, 1.165) is 72.9 Å². The summed E-state index contributed by atoms with van der Waals surface area (Å²) >= 11 is 0. The van der Waals surface area contributed by atoms with Crippen LogP contribution >= 0.6 is 0 Å². The molecule has 2 aliphatic heterocycles. The van der Waals surface area contributed by atoms with Crippen molar-refractivity contribution in [2.75, 3.05) is 26.2 Å². The van der Waals surface area contributed by atoms with Gasteiger partial charge in [-0.25, -0.2) is 0 Å². The van der Waals surface area contributed by atoms with Gasteiger partial charge in [-0.15, -0.1) is 0 Å². The van der Waals surface area contributed by atoms with Crippen molar-refractivity contribution in [2.24, 2.45) is 11.8 Å². The summed E-state index contributed by atoms with van der Waals surface area (Å²) in [7, 11) is 0. The molecule has 2 atom stereocenters. The Labute approximate surface area is 195 Å². The maximum atomic E-state index is 13.2. The predicted octanol–water partition coefficient (Wildman–Crippen LogP) is 4.49. The van der Waals surface area contributed by atoms with E-state index in [1.165, 1.54) is 0 Å². The molecule has 33 heavy (non-hydrogen) atoms. The van der Waals surface area contributed by atoms with Gasteiger partial charge >= 0.3 is 0 Å². The molecule has 0 N–H and O–H groups in total. The highest BCUT2D eigenvalue weighted by atomic mass is 16.2. The number of nitrogens with zero attached hydrogens (tertiary/aromatic N) is 3. The Hall–Kier alpha value is -3.21. The van der Waals surface area contributed by atoms with Gasteiger partial charge < -0.3 is 9.80 Å². The summed E-state index contributed by atoms with van der Waals surface area (Å²) in [4.78, 5) is 34.4. The summed E-state index contributed by atoms with van der Waals surface area (Å²) in [5, 5.41) is 2.26. The second-order valence-corrected chi connectivity index (χ2v) is 9.65. The second-order valence-electron chi connectivity index (χ2n) is 9.65. The van der Waals surface area contributed by atoms with Crippen molar-refractivity contribution in [3.05, 3.63) is 77.6 Å². The number of aryl methyl sites for hydroxylation is 1. The summed E-state index contributed by atoms with van der Waals surface area (Å²) in [6, 6.07) is 16.2. The molecule has 0 saturated carbocycles. The molecule has 5 rings (SSSR count). The topological polar surface area (TPSA) is 53.5 Å². The van der Waals surface area contributed by atoms with Gasteiger partial charge in [0.05, 0.1) is 6.42 Å². The number of carbonyl (C=O) groups excluding carboxylic acids is 2. The molecular formula is C28H31N3O2. The molecule has 2 saturated heterocycles. The van der Waals surface area contributed by atoms with E-state index in [1.54, 1.807) is 6.20 Å². The van der Waals surface area contributed by atoms with Crippen LogP contribution in [0.4, 0.5) is 0 Å². The maximum absolute atomic E-state index is 13.2. The molecule has 2 unspecified atom stereocenters. The molecule has 5 nitrogen and oxygen atoms in total. The van der Waals surface area contributed by atoms with Crippen LogP contribution in [-0.4, -0.2) is 52.8 Å². The van der Waals surface area contributed by atoms with E-state index in [-0.39, 0.29) is 11.8 Å². The Morgan fingerprint density at radius 2 is 1.70 bits per heavy atom. The molecule has 5 heteroatoms. The zero-order valence-corrected chi connectivity index (χ0v) is 19.2. The van der Waals surface area contributed by atoms with Crippen LogP contribution in [0.15, 0.2) is 60.9 Å². The van der Waals surface area contributed by atoms with Gasteiger partial charge in [0.15, 0.2) is 0 Å². The van der Waals surface area contributed by atoms with Crippen LogP contribution in [0.3, 0.4) is 0 Å². The third kappa shape index (κ3) is 4.77. The van der Waals surface area contributed by atoms with Crippen molar-refractivity contribution in [1.29, 1.82) is 0 Å². The minimum atomic E-state index is 0.124. The Morgan fingerprint density at radius 3 is 2.55 bits per heavy atom. The van der Waals surface area contributed by atoms with Gasteiger partial charge in [-0.3, -0.25) is 14.6 Å². The van der Waals surface area contributed by atoms with Crippen LogP contribution in [-0.2, 0) is 11.2 Å². The van der Waals surface area contributed by atoms with Gasteiger partial charge in [0.1, 0.15) is 0 Å². The summed E-state index contributed by atoms with van der Waals surface area (Å²) in [5.74, 6) is 1.24. The quantitative estimate of drug-likeness (QED) is 0.600. The molecule has 2 fully saturated rings. The predicted molar refractivity (Wildman–Crippen MR) is 130 cm³/mol. The third-order valence-electron chi connectivity index (χ3n) is 7.27. The number of fused-ring (bicyclic) bond motifs is 1. The zero-order valence-electron chi connectivity index (χ0n) is 19.2. The molecule has 2 amide bonds. The molecule has 170 valence electrons. The van der Waals surface area contributed by atoms with Gasteiger partial charge in [-0.05, 0) is 72.1 Å². The SMILES string of the molecule is Cc1cncc(CC(=O)N2CCCC(C3CCN(C(=O)c4ccc5ccccc5c4)C3)C2)c1. The highest BCUT2D eigenvalue weighted by Crippen LogP contribution is 2.32. The number of benzene rings is 2. The number of hydrogen-bond acceptors (Lipinski definition) is 3. The third-order valence-corrected chi connectivity index (χ3v) is 7.27. The molecular weight excluding hydrogens is 410 g/mol. The lowest BCUT2D eigenvalue weighted by molar-refractivity contribution is -0.132. The normalized spacial score (nSPS) is 20.9. The molecule has 2 aliphatic rings. The van der Waals surface area contributed by atoms with Gasteiger partial charge in [0, 0.05) is 44.1 Å². The van der Waals surface area contributed by atoms with E-state index in [4.69, 9.17) is 0 Å². The van der Waals surface area contributed by atoms with E-state index < -0.39 is 0 Å². The minimum absolute atomic E-state index is 0.124. The molecule has 3 aromatic rings. The number of aromatic nitrogens is 1. The van der Waals surface area contributed by atoms with Crippen LogP contribution in [0.2, 0.25) is 0 Å². The Kier molecular flexibility index (Phi) is 6.12. The van der Waals surface area contributed by atoms with Crippen molar-refractivity contribution in [3.8, 4) is 0 Å². The second kappa shape index (κ2) is 9.34. The highest BCUT2D eigenvalue weighted by Gasteiger charge is 2.35. The van der Waals surface area contributed by atoms with Crippen LogP contribution in [0.25, 0.3) is 10.8 Å². The fourth-order valence-corrected chi connectivity index (χ4v) is 5.48. The standard InChI is InChI=1S/C28H31N3O2/c1-20-13-21(17-29-16-20)14-27(32)30-11-4-7-25(18-30)26-10-12-31(19-26)28(33)24-9-8-22-5-2-3-6-23(22)15-24/h2-3,5-6,8-9,13,15-17,25-26H,4,7,10-12,14,18-19H2,1H3. The van der Waals surface area contributed by atoms with E-state index in [0.29, 0.717) is 18.3 Å².